The maximum absolute atomic E-state index is 12.9. The van der Waals surface area contributed by atoms with E-state index in [1.807, 2.05) is 0 Å². The van der Waals surface area contributed by atoms with Gasteiger partial charge >= 0.3 is 0 Å². The van der Waals surface area contributed by atoms with Crippen molar-refractivity contribution in [1.82, 2.24) is 10.6 Å². The van der Waals surface area contributed by atoms with Crippen LogP contribution in [-0.4, -0.2) is 38.9 Å². The SMILES string of the molecule is O=C1N/C(=N\N=C2\NC(=O)C(CC(=O)c3ccc(F)cc3)S2)CS1. The molecule has 2 N–H and O–H groups in total. The third kappa shape index (κ3) is 4.01. The number of hydrogen-bond acceptors (Lipinski definition) is 7. The molecule has 0 saturated carbocycles. The van der Waals surface area contributed by atoms with E-state index in [2.05, 4.69) is 20.8 Å². The van der Waals surface area contributed by atoms with E-state index < -0.39 is 11.1 Å². The number of nitrogens with one attached hydrogen (secondary N) is 2. The normalized spacial score (nSPS) is 23.6. The van der Waals surface area contributed by atoms with E-state index in [-0.39, 0.29) is 28.5 Å². The molecular formula is C14H11FN4O3S2. The average molecular weight is 366 g/mol. The second-order valence-corrected chi connectivity index (χ2v) is 7.02. The maximum Gasteiger partial charge on any atom is 0.284 e. The highest BCUT2D eigenvalue weighted by molar-refractivity contribution is 8.15. The first-order chi connectivity index (χ1) is 11.5. The number of carbonyl (C=O) groups excluding carboxylic acids is 3. The van der Waals surface area contributed by atoms with Crippen molar-refractivity contribution in [2.75, 3.05) is 5.75 Å². The number of thioether (sulfide) groups is 2. The fraction of sp³-hybridized carbons (Fsp3) is 0.214. The number of hydrogen-bond donors (Lipinski definition) is 2. The zero-order valence-corrected chi connectivity index (χ0v) is 13.7. The van der Waals surface area contributed by atoms with E-state index in [1.165, 1.54) is 24.3 Å². The van der Waals surface area contributed by atoms with Gasteiger partial charge in [0, 0.05) is 12.0 Å². The van der Waals surface area contributed by atoms with Gasteiger partial charge in [0.2, 0.25) is 5.91 Å². The number of Topliss-reactive ketones (excluding diaryl/α,β-unsaturated/α-hetero) is 1. The van der Waals surface area contributed by atoms with E-state index in [0.29, 0.717) is 17.2 Å². The summed E-state index contributed by atoms with van der Waals surface area (Å²) in [5.74, 6) is -0.196. The molecule has 24 heavy (non-hydrogen) atoms. The van der Waals surface area contributed by atoms with Crippen LogP contribution in [0.2, 0.25) is 0 Å². The minimum absolute atomic E-state index is 0.0235. The zero-order valence-electron chi connectivity index (χ0n) is 12.1. The molecule has 1 unspecified atom stereocenters. The summed E-state index contributed by atoms with van der Waals surface area (Å²) < 4.78 is 12.9. The van der Waals surface area contributed by atoms with E-state index >= 15 is 0 Å². The molecule has 1 atom stereocenters. The van der Waals surface area contributed by atoms with Gasteiger partial charge in [-0.3, -0.25) is 14.4 Å². The predicted molar refractivity (Wildman–Crippen MR) is 90.7 cm³/mol. The van der Waals surface area contributed by atoms with Gasteiger partial charge in [-0.15, -0.1) is 10.2 Å². The summed E-state index contributed by atoms with van der Waals surface area (Å²) in [4.78, 5) is 35.1. The van der Waals surface area contributed by atoms with Gasteiger partial charge < -0.3 is 10.6 Å². The highest BCUT2D eigenvalue weighted by Gasteiger charge is 2.32. The summed E-state index contributed by atoms with van der Waals surface area (Å²) in [6.45, 7) is 0. The summed E-state index contributed by atoms with van der Waals surface area (Å²) in [6.07, 6.45) is -0.0235. The lowest BCUT2D eigenvalue weighted by Crippen LogP contribution is -2.26. The Labute approximate surface area is 144 Å². The molecule has 1 aromatic rings. The van der Waals surface area contributed by atoms with E-state index in [4.69, 9.17) is 0 Å². The molecule has 2 fully saturated rings. The summed E-state index contributed by atoms with van der Waals surface area (Å²) in [7, 11) is 0. The van der Waals surface area contributed by atoms with Crippen molar-refractivity contribution in [1.29, 1.82) is 0 Å². The minimum Gasteiger partial charge on any atom is -0.303 e. The quantitative estimate of drug-likeness (QED) is 0.625. The molecule has 7 nitrogen and oxygen atoms in total. The Morgan fingerprint density at radius 3 is 2.62 bits per heavy atom. The number of nitrogens with zero attached hydrogens (tertiary/aromatic N) is 2. The Morgan fingerprint density at radius 1 is 1.21 bits per heavy atom. The molecule has 124 valence electrons. The smallest absolute Gasteiger partial charge is 0.284 e. The van der Waals surface area contributed by atoms with E-state index in [0.717, 1.165) is 23.5 Å². The number of rotatable bonds is 4. The van der Waals surface area contributed by atoms with Crippen LogP contribution in [0.3, 0.4) is 0 Å². The van der Waals surface area contributed by atoms with Crippen molar-refractivity contribution >= 4 is 51.5 Å². The summed E-state index contributed by atoms with van der Waals surface area (Å²) in [5.41, 5.74) is 0.348. The third-order valence-electron chi connectivity index (χ3n) is 3.16. The number of ketones is 1. The fourth-order valence-corrected chi connectivity index (χ4v) is 3.50. The van der Waals surface area contributed by atoms with Crippen molar-refractivity contribution in [3.05, 3.63) is 35.6 Å². The Morgan fingerprint density at radius 2 is 1.96 bits per heavy atom. The van der Waals surface area contributed by atoms with Gasteiger partial charge in [-0.1, -0.05) is 23.5 Å². The highest BCUT2D eigenvalue weighted by atomic mass is 32.2. The Bertz CT molecular complexity index is 764. The van der Waals surface area contributed by atoms with Crippen LogP contribution in [0.1, 0.15) is 16.8 Å². The van der Waals surface area contributed by atoms with Gasteiger partial charge in [0.15, 0.2) is 11.0 Å². The van der Waals surface area contributed by atoms with Crippen LogP contribution >= 0.6 is 23.5 Å². The van der Waals surface area contributed by atoms with Crippen LogP contribution in [0.5, 0.6) is 0 Å². The van der Waals surface area contributed by atoms with Crippen molar-refractivity contribution in [3.8, 4) is 0 Å². The van der Waals surface area contributed by atoms with E-state index in [9.17, 15) is 18.8 Å². The molecule has 2 amide bonds. The van der Waals surface area contributed by atoms with Gasteiger partial charge in [-0.2, -0.15) is 0 Å². The second-order valence-electron chi connectivity index (χ2n) is 4.88. The van der Waals surface area contributed by atoms with Crippen LogP contribution in [0.15, 0.2) is 34.5 Å². The van der Waals surface area contributed by atoms with Crippen LogP contribution in [0.25, 0.3) is 0 Å². The lowest BCUT2D eigenvalue weighted by molar-refractivity contribution is -0.118. The summed E-state index contributed by atoms with van der Waals surface area (Å²) in [5, 5.41) is 12.3. The lowest BCUT2D eigenvalue weighted by atomic mass is 10.1. The standard InChI is InChI=1S/C14H11FN4O3S2/c15-8-3-1-7(2-4-8)9(20)5-10-12(21)17-13(24-10)19-18-11-6-23-14(22)16-11/h1-4,10H,5-6H2,(H,16,18,22)(H,17,19,21). The molecule has 0 bridgehead atoms. The van der Waals surface area contributed by atoms with Crippen molar-refractivity contribution in [3.63, 3.8) is 0 Å². The topological polar surface area (TPSA) is 100.0 Å². The van der Waals surface area contributed by atoms with Crippen LogP contribution in [0.4, 0.5) is 9.18 Å². The van der Waals surface area contributed by atoms with Crippen LogP contribution < -0.4 is 10.6 Å². The van der Waals surface area contributed by atoms with Crippen LogP contribution in [0, 0.1) is 5.82 Å². The first-order valence-electron chi connectivity index (χ1n) is 6.86. The number of benzene rings is 1. The number of amidine groups is 2. The summed E-state index contributed by atoms with van der Waals surface area (Å²) in [6, 6.07) is 5.17. The third-order valence-corrected chi connectivity index (χ3v) is 5.02. The number of carbonyl (C=O) groups is 3. The number of amides is 2. The Balaban J connectivity index is 1.61. The average Bonchev–Trinajstić information content (AvgIpc) is 3.12. The molecular weight excluding hydrogens is 355 g/mol. The zero-order chi connectivity index (χ0) is 17.1. The molecule has 2 aliphatic rings. The largest absolute Gasteiger partial charge is 0.303 e. The van der Waals surface area contributed by atoms with Crippen molar-refractivity contribution in [2.45, 2.75) is 11.7 Å². The van der Waals surface area contributed by atoms with Gasteiger partial charge in [0.25, 0.3) is 5.24 Å². The molecule has 2 saturated heterocycles. The molecule has 0 radical (unpaired) electrons. The first kappa shape index (κ1) is 16.7. The van der Waals surface area contributed by atoms with Gasteiger partial charge in [-0.05, 0) is 24.3 Å². The molecule has 1 aromatic carbocycles. The summed E-state index contributed by atoms with van der Waals surface area (Å²) >= 11 is 2.18. The molecule has 3 rings (SSSR count). The highest BCUT2D eigenvalue weighted by Crippen LogP contribution is 2.24. The molecule has 0 aliphatic carbocycles. The first-order valence-corrected chi connectivity index (χ1v) is 8.72. The van der Waals surface area contributed by atoms with Crippen molar-refractivity contribution < 1.29 is 18.8 Å². The van der Waals surface area contributed by atoms with E-state index in [1.54, 1.807) is 0 Å². The lowest BCUT2D eigenvalue weighted by Gasteiger charge is -2.04. The molecule has 2 heterocycles. The Hall–Kier alpha value is -2.20. The molecule has 0 spiro atoms. The predicted octanol–water partition coefficient (Wildman–Crippen LogP) is 1.76. The maximum atomic E-state index is 12.9. The fourth-order valence-electron chi connectivity index (χ4n) is 1.99. The molecule has 2 aliphatic heterocycles. The van der Waals surface area contributed by atoms with Gasteiger partial charge in [0.05, 0.1) is 11.0 Å². The monoisotopic (exact) mass is 366 g/mol. The van der Waals surface area contributed by atoms with Crippen LogP contribution in [-0.2, 0) is 4.79 Å². The molecule has 10 heteroatoms. The Kier molecular flexibility index (Phi) is 4.95. The minimum atomic E-state index is -0.617. The van der Waals surface area contributed by atoms with Crippen molar-refractivity contribution in [2.24, 2.45) is 10.2 Å². The second kappa shape index (κ2) is 7.14. The van der Waals surface area contributed by atoms with Gasteiger partial charge in [0.1, 0.15) is 11.7 Å². The number of halogens is 1. The molecule has 0 aromatic heterocycles. The van der Waals surface area contributed by atoms with Gasteiger partial charge in [-0.25, -0.2) is 4.39 Å².